The van der Waals surface area contributed by atoms with Crippen LogP contribution in [0.3, 0.4) is 0 Å². The van der Waals surface area contributed by atoms with Gasteiger partial charge in [0, 0.05) is 28.6 Å². The fourth-order valence-corrected chi connectivity index (χ4v) is 5.80. The van der Waals surface area contributed by atoms with Gasteiger partial charge in [0.1, 0.15) is 6.10 Å². The zero-order chi connectivity index (χ0) is 13.8. The number of thioether (sulfide) groups is 2. The number of aliphatic hydroxyl groups excluding tert-OH is 1. The summed E-state index contributed by atoms with van der Waals surface area (Å²) >= 11 is 10.1. The Hall–Kier alpha value is 0.160. The third-order valence-electron chi connectivity index (χ3n) is 3.35. The van der Waals surface area contributed by atoms with Crippen LogP contribution in [0.4, 0.5) is 0 Å². The third kappa shape index (κ3) is 3.43. The number of hydrogen-bond donors (Lipinski definition) is 1. The molecule has 6 heteroatoms. The molecular weight excluding hydrogens is 300 g/mol. The Kier molecular flexibility index (Phi) is 5.93. The van der Waals surface area contributed by atoms with E-state index in [1.807, 2.05) is 28.2 Å². The van der Waals surface area contributed by atoms with Crippen LogP contribution in [0.5, 0.6) is 0 Å². The molecule has 2 heterocycles. The summed E-state index contributed by atoms with van der Waals surface area (Å²) in [5.74, 6) is 2.27. The van der Waals surface area contributed by atoms with Gasteiger partial charge in [-0.1, -0.05) is 25.4 Å². The number of aryl methyl sites for hydroxylation is 1. The third-order valence-corrected chi connectivity index (χ3v) is 6.98. The molecular formula is C13H21ClN2OS2. The van der Waals surface area contributed by atoms with Crippen LogP contribution >= 0.6 is 35.1 Å². The van der Waals surface area contributed by atoms with Crippen molar-refractivity contribution >= 4 is 35.1 Å². The number of rotatable bonds is 5. The first-order valence-electron chi connectivity index (χ1n) is 6.81. The SMILES string of the molecule is CCCn1ncc(Cl)c1C(O)C1SCCSC1CC. The van der Waals surface area contributed by atoms with E-state index in [-0.39, 0.29) is 5.25 Å². The minimum absolute atomic E-state index is 0.216. The lowest BCUT2D eigenvalue weighted by atomic mass is 10.1. The largest absolute Gasteiger partial charge is 0.386 e. The second-order valence-electron chi connectivity index (χ2n) is 4.70. The number of halogens is 1. The lowest BCUT2D eigenvalue weighted by Crippen LogP contribution is -2.32. The summed E-state index contributed by atoms with van der Waals surface area (Å²) in [5.41, 5.74) is 0.793. The number of nitrogens with zero attached hydrogens (tertiary/aromatic N) is 2. The molecule has 2 rings (SSSR count). The predicted molar refractivity (Wildman–Crippen MR) is 85.3 cm³/mol. The van der Waals surface area contributed by atoms with Crippen LogP contribution in [0.1, 0.15) is 38.5 Å². The summed E-state index contributed by atoms with van der Waals surface area (Å²) in [6.45, 7) is 5.10. The Morgan fingerprint density at radius 2 is 2.21 bits per heavy atom. The van der Waals surface area contributed by atoms with E-state index in [0.717, 1.165) is 30.8 Å². The molecule has 1 aliphatic heterocycles. The van der Waals surface area contributed by atoms with E-state index in [1.54, 1.807) is 6.20 Å². The van der Waals surface area contributed by atoms with Crippen molar-refractivity contribution in [3.05, 3.63) is 16.9 Å². The Morgan fingerprint density at radius 1 is 1.47 bits per heavy atom. The first-order valence-corrected chi connectivity index (χ1v) is 9.29. The molecule has 0 bridgehead atoms. The van der Waals surface area contributed by atoms with Crippen LogP contribution in [0.25, 0.3) is 0 Å². The highest BCUT2D eigenvalue weighted by Crippen LogP contribution is 2.41. The van der Waals surface area contributed by atoms with E-state index in [9.17, 15) is 5.11 Å². The quantitative estimate of drug-likeness (QED) is 0.899. The molecule has 0 spiro atoms. The zero-order valence-electron chi connectivity index (χ0n) is 11.4. The van der Waals surface area contributed by atoms with Gasteiger partial charge in [-0.15, -0.1) is 0 Å². The van der Waals surface area contributed by atoms with Crippen molar-refractivity contribution in [3.63, 3.8) is 0 Å². The lowest BCUT2D eigenvalue weighted by Gasteiger charge is -2.33. The molecule has 3 nitrogen and oxygen atoms in total. The zero-order valence-corrected chi connectivity index (χ0v) is 13.8. The molecule has 0 radical (unpaired) electrons. The summed E-state index contributed by atoms with van der Waals surface area (Å²) in [5, 5.41) is 16.3. The van der Waals surface area contributed by atoms with Gasteiger partial charge in [0.15, 0.2) is 0 Å². The minimum Gasteiger partial charge on any atom is -0.386 e. The van der Waals surface area contributed by atoms with Crippen molar-refractivity contribution in [2.24, 2.45) is 0 Å². The van der Waals surface area contributed by atoms with Crippen LogP contribution in [0.15, 0.2) is 6.20 Å². The van der Waals surface area contributed by atoms with E-state index in [1.165, 1.54) is 5.75 Å². The van der Waals surface area contributed by atoms with E-state index in [2.05, 4.69) is 18.9 Å². The van der Waals surface area contributed by atoms with E-state index < -0.39 is 6.10 Å². The normalized spacial score (nSPS) is 25.5. The lowest BCUT2D eigenvalue weighted by molar-refractivity contribution is 0.161. The van der Waals surface area contributed by atoms with Crippen molar-refractivity contribution in [2.45, 2.75) is 49.8 Å². The summed E-state index contributed by atoms with van der Waals surface area (Å²) < 4.78 is 1.86. The molecule has 1 aromatic rings. The first-order chi connectivity index (χ1) is 9.19. The Bertz CT molecular complexity index is 413. The van der Waals surface area contributed by atoms with Crippen molar-refractivity contribution in [1.82, 2.24) is 9.78 Å². The van der Waals surface area contributed by atoms with Gasteiger partial charge in [0.2, 0.25) is 0 Å². The molecule has 3 atom stereocenters. The average Bonchev–Trinajstić information content (AvgIpc) is 2.79. The first kappa shape index (κ1) is 15.5. The van der Waals surface area contributed by atoms with Crippen LogP contribution in [-0.4, -0.2) is 36.9 Å². The topological polar surface area (TPSA) is 38.0 Å². The molecule has 0 saturated carbocycles. The maximum Gasteiger partial charge on any atom is 0.110 e. The van der Waals surface area contributed by atoms with Crippen LogP contribution in [-0.2, 0) is 6.54 Å². The number of hydrogen-bond acceptors (Lipinski definition) is 4. The molecule has 0 amide bonds. The predicted octanol–water partition coefficient (Wildman–Crippen LogP) is 3.61. The smallest absolute Gasteiger partial charge is 0.110 e. The van der Waals surface area contributed by atoms with Gasteiger partial charge < -0.3 is 5.11 Å². The van der Waals surface area contributed by atoms with Crippen molar-refractivity contribution < 1.29 is 5.11 Å². The fraction of sp³-hybridized carbons (Fsp3) is 0.769. The number of aromatic nitrogens is 2. The van der Waals surface area contributed by atoms with Crippen LogP contribution < -0.4 is 0 Å². The van der Waals surface area contributed by atoms with Crippen LogP contribution in [0, 0.1) is 0 Å². The van der Waals surface area contributed by atoms with Gasteiger partial charge in [-0.3, -0.25) is 4.68 Å². The summed E-state index contributed by atoms with van der Waals surface area (Å²) in [6.07, 6.45) is 3.20. The summed E-state index contributed by atoms with van der Waals surface area (Å²) in [6, 6.07) is 0. The Balaban J connectivity index is 2.22. The van der Waals surface area contributed by atoms with Gasteiger partial charge in [-0.2, -0.15) is 28.6 Å². The highest BCUT2D eigenvalue weighted by atomic mass is 35.5. The van der Waals surface area contributed by atoms with E-state index in [4.69, 9.17) is 11.6 Å². The number of aliphatic hydroxyl groups is 1. The van der Waals surface area contributed by atoms with Gasteiger partial charge in [-0.05, 0) is 12.8 Å². The Morgan fingerprint density at radius 3 is 2.89 bits per heavy atom. The fourth-order valence-electron chi connectivity index (χ4n) is 2.44. The van der Waals surface area contributed by atoms with Crippen molar-refractivity contribution in [1.29, 1.82) is 0 Å². The molecule has 1 N–H and O–H groups in total. The van der Waals surface area contributed by atoms with Gasteiger partial charge in [0.05, 0.1) is 16.9 Å². The standard InChI is InChI=1S/C13H21ClN2OS2/c1-3-5-16-11(9(14)8-15-16)12(17)13-10(4-2)18-6-7-19-13/h8,10,12-13,17H,3-7H2,1-2H3. The second kappa shape index (κ2) is 7.25. The average molecular weight is 321 g/mol. The molecule has 0 aliphatic carbocycles. The summed E-state index contributed by atoms with van der Waals surface area (Å²) in [4.78, 5) is 0. The maximum absolute atomic E-state index is 10.7. The Labute approximate surface area is 128 Å². The van der Waals surface area contributed by atoms with Crippen molar-refractivity contribution in [3.8, 4) is 0 Å². The molecule has 1 fully saturated rings. The van der Waals surface area contributed by atoms with Gasteiger partial charge in [-0.25, -0.2) is 0 Å². The maximum atomic E-state index is 10.7. The van der Waals surface area contributed by atoms with Gasteiger partial charge in [0.25, 0.3) is 0 Å². The molecule has 1 aromatic heterocycles. The highest BCUT2D eigenvalue weighted by molar-refractivity contribution is 8.07. The van der Waals surface area contributed by atoms with Gasteiger partial charge >= 0.3 is 0 Å². The second-order valence-corrected chi connectivity index (χ2v) is 7.74. The summed E-state index contributed by atoms with van der Waals surface area (Å²) in [7, 11) is 0. The molecule has 108 valence electrons. The minimum atomic E-state index is -0.524. The van der Waals surface area contributed by atoms with Crippen LogP contribution in [0.2, 0.25) is 5.02 Å². The van der Waals surface area contributed by atoms with E-state index >= 15 is 0 Å². The highest BCUT2D eigenvalue weighted by Gasteiger charge is 2.34. The van der Waals surface area contributed by atoms with Crippen molar-refractivity contribution in [2.75, 3.05) is 11.5 Å². The molecule has 1 saturated heterocycles. The molecule has 0 aromatic carbocycles. The van der Waals surface area contributed by atoms with E-state index in [0.29, 0.717) is 10.3 Å². The molecule has 3 unspecified atom stereocenters. The monoisotopic (exact) mass is 320 g/mol. The molecule has 19 heavy (non-hydrogen) atoms. The molecule has 1 aliphatic rings.